The summed E-state index contributed by atoms with van der Waals surface area (Å²) in [4.78, 5) is 6.93. The molecule has 0 saturated carbocycles. The van der Waals surface area contributed by atoms with Crippen LogP contribution in [0.15, 0.2) is 4.99 Å². The van der Waals surface area contributed by atoms with E-state index in [4.69, 9.17) is 9.73 Å². The largest absolute Gasteiger partial charge is 0.378 e. The lowest BCUT2D eigenvalue weighted by Crippen LogP contribution is -2.54. The minimum absolute atomic E-state index is 0. The van der Waals surface area contributed by atoms with Gasteiger partial charge >= 0.3 is 0 Å². The molecule has 0 radical (unpaired) electrons. The van der Waals surface area contributed by atoms with E-state index in [-0.39, 0.29) is 42.4 Å². The quantitative estimate of drug-likeness (QED) is 0.275. The minimum atomic E-state index is -3.29. The summed E-state index contributed by atoms with van der Waals surface area (Å²) in [5.74, 6) is 0.875. The van der Waals surface area contributed by atoms with E-state index in [2.05, 4.69) is 22.2 Å². The van der Waals surface area contributed by atoms with Crippen molar-refractivity contribution < 1.29 is 13.2 Å². The van der Waals surface area contributed by atoms with Crippen LogP contribution in [-0.2, 0) is 28.2 Å². The van der Waals surface area contributed by atoms with E-state index in [9.17, 15) is 8.42 Å². The van der Waals surface area contributed by atoms with Crippen LogP contribution < -0.4 is 5.32 Å². The van der Waals surface area contributed by atoms with Crippen LogP contribution in [0, 0.1) is 13.8 Å². The summed E-state index contributed by atoms with van der Waals surface area (Å²) in [6.07, 6.45) is 0.875. The molecule has 9 nitrogen and oxygen atoms in total. The second-order valence-electron chi connectivity index (χ2n) is 7.88. The van der Waals surface area contributed by atoms with Gasteiger partial charge in [-0.2, -0.15) is 9.40 Å². The number of nitrogens with one attached hydrogen (secondary N) is 1. The first-order chi connectivity index (χ1) is 14.2. The number of aryl methyl sites for hydroxylation is 2. The van der Waals surface area contributed by atoms with Crippen LogP contribution in [0.2, 0.25) is 0 Å². The molecule has 1 aliphatic rings. The first-order valence-electron chi connectivity index (χ1n) is 10.8. The summed E-state index contributed by atoms with van der Waals surface area (Å²) in [5, 5.41) is 7.81. The SMILES string of the molecule is CCNC(=NCCc1c(C)nn(C)c1C)N1CCN(S(=O)(=O)CCOC(C)C)CC1.I. The standard InChI is InChI=1S/C20H38N6O3S.HI/c1-7-21-20(22-9-8-19-17(4)23-24(6)18(19)5)25-10-12-26(13-11-25)30(27,28)15-14-29-16(2)3;/h16H,7-15H2,1-6H3,(H,21,22);1H. The van der Waals surface area contributed by atoms with E-state index in [1.807, 2.05) is 39.4 Å². The maximum Gasteiger partial charge on any atom is 0.216 e. The normalized spacial score (nSPS) is 16.0. The van der Waals surface area contributed by atoms with Crippen LogP contribution in [0.25, 0.3) is 0 Å². The van der Waals surface area contributed by atoms with Crippen molar-refractivity contribution in [3.05, 3.63) is 17.0 Å². The summed E-state index contributed by atoms with van der Waals surface area (Å²) in [6, 6.07) is 0. The second-order valence-corrected chi connectivity index (χ2v) is 9.97. The van der Waals surface area contributed by atoms with Gasteiger partial charge in [0, 0.05) is 52.0 Å². The molecular weight excluding hydrogens is 531 g/mol. The molecule has 1 N–H and O–H groups in total. The molecule has 1 aromatic heterocycles. The number of ether oxygens (including phenoxy) is 1. The smallest absolute Gasteiger partial charge is 0.216 e. The van der Waals surface area contributed by atoms with Crippen molar-refractivity contribution >= 4 is 40.0 Å². The number of hydrogen-bond donors (Lipinski definition) is 1. The third-order valence-electron chi connectivity index (χ3n) is 5.34. The summed E-state index contributed by atoms with van der Waals surface area (Å²) < 4.78 is 34.0. The second kappa shape index (κ2) is 12.9. The number of aliphatic imine (C=N–C) groups is 1. The van der Waals surface area contributed by atoms with E-state index in [1.165, 1.54) is 11.3 Å². The molecule has 1 aliphatic heterocycles. The Morgan fingerprint density at radius 1 is 1.23 bits per heavy atom. The molecule has 31 heavy (non-hydrogen) atoms. The van der Waals surface area contributed by atoms with Crippen LogP contribution in [0.4, 0.5) is 0 Å². The van der Waals surface area contributed by atoms with Crippen molar-refractivity contribution in [2.24, 2.45) is 12.0 Å². The van der Waals surface area contributed by atoms with Gasteiger partial charge in [-0.05, 0) is 46.6 Å². The topological polar surface area (TPSA) is 92.1 Å². The number of piperazine rings is 1. The van der Waals surface area contributed by atoms with Crippen molar-refractivity contribution in [2.45, 2.75) is 47.1 Å². The monoisotopic (exact) mass is 570 g/mol. The number of nitrogens with zero attached hydrogens (tertiary/aromatic N) is 5. The zero-order valence-electron chi connectivity index (χ0n) is 19.7. The molecule has 2 rings (SSSR count). The van der Waals surface area contributed by atoms with Gasteiger partial charge in [0.15, 0.2) is 5.96 Å². The zero-order valence-corrected chi connectivity index (χ0v) is 22.9. The predicted octanol–water partition coefficient (Wildman–Crippen LogP) is 1.54. The summed E-state index contributed by atoms with van der Waals surface area (Å²) in [7, 11) is -1.33. The van der Waals surface area contributed by atoms with Crippen molar-refractivity contribution in [1.29, 1.82) is 0 Å². The molecule has 11 heteroatoms. The maximum atomic E-state index is 12.5. The summed E-state index contributed by atoms with van der Waals surface area (Å²) in [6.45, 7) is 13.8. The van der Waals surface area contributed by atoms with Gasteiger partial charge in [-0.1, -0.05) is 0 Å². The predicted molar refractivity (Wildman–Crippen MR) is 136 cm³/mol. The third kappa shape index (κ3) is 8.17. The molecule has 1 fully saturated rings. The van der Waals surface area contributed by atoms with Crippen molar-refractivity contribution in [3.8, 4) is 0 Å². The molecule has 180 valence electrons. The third-order valence-corrected chi connectivity index (χ3v) is 7.18. The fraction of sp³-hybridized carbons (Fsp3) is 0.800. The number of sulfonamides is 1. The Kier molecular flexibility index (Phi) is 11.7. The fourth-order valence-electron chi connectivity index (χ4n) is 3.57. The van der Waals surface area contributed by atoms with E-state index in [0.717, 1.165) is 24.6 Å². The van der Waals surface area contributed by atoms with E-state index in [0.29, 0.717) is 32.7 Å². The lowest BCUT2D eigenvalue weighted by molar-refractivity contribution is 0.0904. The Morgan fingerprint density at radius 2 is 1.87 bits per heavy atom. The Hall–Kier alpha value is -0.920. The lowest BCUT2D eigenvalue weighted by atomic mass is 10.1. The Labute approximate surface area is 204 Å². The zero-order chi connectivity index (χ0) is 22.3. The van der Waals surface area contributed by atoms with Crippen LogP contribution in [0.3, 0.4) is 0 Å². The highest BCUT2D eigenvalue weighted by molar-refractivity contribution is 14.0. The fourth-order valence-corrected chi connectivity index (χ4v) is 4.86. The van der Waals surface area contributed by atoms with Gasteiger partial charge in [-0.3, -0.25) is 9.67 Å². The summed E-state index contributed by atoms with van der Waals surface area (Å²) >= 11 is 0. The average Bonchev–Trinajstić information content (AvgIpc) is 2.93. The van der Waals surface area contributed by atoms with Crippen molar-refractivity contribution in [1.82, 2.24) is 24.3 Å². The highest BCUT2D eigenvalue weighted by atomic mass is 127. The van der Waals surface area contributed by atoms with Gasteiger partial charge in [0.1, 0.15) is 0 Å². The number of aromatic nitrogens is 2. The Balaban J connectivity index is 0.00000480. The van der Waals surface area contributed by atoms with Gasteiger partial charge in [-0.15, -0.1) is 24.0 Å². The number of guanidine groups is 1. The Bertz CT molecular complexity index is 817. The first kappa shape index (κ1) is 28.1. The van der Waals surface area contributed by atoms with Crippen LogP contribution in [-0.4, -0.2) is 91.1 Å². The van der Waals surface area contributed by atoms with Crippen LogP contribution in [0.1, 0.15) is 37.7 Å². The molecule has 1 aromatic rings. The number of halogens is 1. The van der Waals surface area contributed by atoms with Crippen molar-refractivity contribution in [2.75, 3.05) is 51.6 Å². The molecule has 1 saturated heterocycles. The highest BCUT2D eigenvalue weighted by Crippen LogP contribution is 2.13. The molecule has 0 unspecified atom stereocenters. The summed E-state index contributed by atoms with van der Waals surface area (Å²) in [5.41, 5.74) is 3.47. The first-order valence-corrected chi connectivity index (χ1v) is 12.4. The molecule has 0 aromatic carbocycles. The minimum Gasteiger partial charge on any atom is -0.378 e. The van der Waals surface area contributed by atoms with Crippen molar-refractivity contribution in [3.63, 3.8) is 0 Å². The van der Waals surface area contributed by atoms with Crippen LogP contribution >= 0.6 is 24.0 Å². The van der Waals surface area contributed by atoms with Crippen LogP contribution in [0.5, 0.6) is 0 Å². The molecule has 0 atom stereocenters. The maximum absolute atomic E-state index is 12.5. The average molecular weight is 571 g/mol. The van der Waals surface area contributed by atoms with Gasteiger partial charge in [0.2, 0.25) is 10.0 Å². The molecule has 0 aliphatic carbocycles. The molecule has 0 bridgehead atoms. The molecule has 0 amide bonds. The van der Waals surface area contributed by atoms with Gasteiger partial charge in [-0.25, -0.2) is 8.42 Å². The number of rotatable bonds is 9. The highest BCUT2D eigenvalue weighted by Gasteiger charge is 2.28. The molecule has 0 spiro atoms. The van der Waals surface area contributed by atoms with Gasteiger partial charge in [0.05, 0.1) is 24.2 Å². The van der Waals surface area contributed by atoms with E-state index >= 15 is 0 Å². The van der Waals surface area contributed by atoms with Gasteiger partial charge < -0.3 is 15.0 Å². The lowest BCUT2D eigenvalue weighted by Gasteiger charge is -2.36. The van der Waals surface area contributed by atoms with E-state index in [1.54, 1.807) is 4.31 Å². The Morgan fingerprint density at radius 3 is 2.39 bits per heavy atom. The van der Waals surface area contributed by atoms with E-state index < -0.39 is 10.0 Å². The van der Waals surface area contributed by atoms with Gasteiger partial charge in [0.25, 0.3) is 0 Å². The molecular formula is C20H39IN6O3S. The number of hydrogen-bond acceptors (Lipinski definition) is 5. The molecule has 2 heterocycles.